The van der Waals surface area contributed by atoms with Gasteiger partial charge in [-0.25, -0.2) is 0 Å². The monoisotopic (exact) mass is 207 g/mol. The Labute approximate surface area is 86.1 Å². The number of hydrogen-bond acceptors (Lipinski definition) is 3. The summed E-state index contributed by atoms with van der Waals surface area (Å²) in [6.07, 6.45) is 0.687. The zero-order valence-corrected chi connectivity index (χ0v) is 7.86. The average molecular weight is 208 g/mol. The van der Waals surface area contributed by atoms with Gasteiger partial charge < -0.3 is 9.47 Å². The van der Waals surface area contributed by atoms with Gasteiger partial charge in [-0.05, 0) is 6.07 Å². The van der Waals surface area contributed by atoms with E-state index >= 15 is 0 Å². The van der Waals surface area contributed by atoms with Crippen LogP contribution in [0.3, 0.4) is 0 Å². The number of rotatable bonds is 1. The highest BCUT2D eigenvalue weighted by Gasteiger charge is 2.23. The zero-order chi connectivity index (χ0) is 9.97. The molecule has 0 saturated heterocycles. The molecule has 14 heavy (non-hydrogen) atoms. The number of nitriles is 1. The molecule has 0 fully saturated rings. The largest absolute Gasteiger partial charge is 0.454 e. The van der Waals surface area contributed by atoms with E-state index in [0.717, 1.165) is 5.56 Å². The predicted molar refractivity (Wildman–Crippen MR) is 50.1 cm³/mol. The Bertz CT molecular complexity index is 422. The molecule has 0 amide bonds. The second-order valence-corrected chi connectivity index (χ2v) is 3.11. The molecule has 1 unspecified atom stereocenters. The molecular formula is C10H6ClNO2. The first-order chi connectivity index (χ1) is 6.81. The summed E-state index contributed by atoms with van der Waals surface area (Å²) in [4.78, 5) is 0. The van der Waals surface area contributed by atoms with E-state index in [1.807, 2.05) is 18.2 Å². The van der Waals surface area contributed by atoms with Crippen LogP contribution in [-0.4, -0.2) is 0 Å². The lowest BCUT2D eigenvalue weighted by Gasteiger charge is -2.11. The standard InChI is InChI=1S/C10H6ClNO2/c11-9-4-2-1-3-8(9)10-13-6-7(5-12)14-10/h1-4,6,10H. The SMILES string of the molecule is N#CC1=COC(c2ccccc2Cl)O1. The Hall–Kier alpha value is -1.66. The van der Waals surface area contributed by atoms with Crippen LogP contribution in [0.25, 0.3) is 0 Å². The van der Waals surface area contributed by atoms with Crippen LogP contribution in [0, 0.1) is 11.3 Å². The van der Waals surface area contributed by atoms with Gasteiger partial charge >= 0.3 is 0 Å². The molecule has 1 aliphatic heterocycles. The molecule has 1 atom stereocenters. The molecule has 4 heteroatoms. The van der Waals surface area contributed by atoms with Crippen molar-refractivity contribution in [2.45, 2.75) is 6.29 Å². The van der Waals surface area contributed by atoms with E-state index in [1.54, 1.807) is 12.1 Å². The molecule has 2 rings (SSSR count). The van der Waals surface area contributed by atoms with Crippen molar-refractivity contribution in [1.29, 1.82) is 5.26 Å². The Morgan fingerprint density at radius 2 is 2.14 bits per heavy atom. The first-order valence-electron chi connectivity index (χ1n) is 3.98. The lowest BCUT2D eigenvalue weighted by molar-refractivity contribution is -0.0300. The molecular weight excluding hydrogens is 202 g/mol. The highest BCUT2D eigenvalue weighted by Crippen LogP contribution is 2.32. The molecule has 3 nitrogen and oxygen atoms in total. The van der Waals surface area contributed by atoms with Crippen LogP contribution in [-0.2, 0) is 9.47 Å². The highest BCUT2D eigenvalue weighted by molar-refractivity contribution is 6.31. The minimum absolute atomic E-state index is 0.162. The second-order valence-electron chi connectivity index (χ2n) is 2.70. The van der Waals surface area contributed by atoms with Crippen molar-refractivity contribution in [3.05, 3.63) is 46.9 Å². The molecule has 1 heterocycles. The summed E-state index contributed by atoms with van der Waals surface area (Å²) in [7, 11) is 0. The minimum atomic E-state index is -0.599. The quantitative estimate of drug-likeness (QED) is 0.711. The van der Waals surface area contributed by atoms with Gasteiger partial charge in [0.2, 0.25) is 5.76 Å². The Morgan fingerprint density at radius 3 is 2.79 bits per heavy atom. The molecule has 70 valence electrons. The van der Waals surface area contributed by atoms with Gasteiger partial charge in [0, 0.05) is 0 Å². The Balaban J connectivity index is 2.21. The highest BCUT2D eigenvalue weighted by atomic mass is 35.5. The van der Waals surface area contributed by atoms with E-state index in [0.29, 0.717) is 5.02 Å². The van der Waals surface area contributed by atoms with Crippen molar-refractivity contribution in [2.24, 2.45) is 0 Å². The normalized spacial score (nSPS) is 19.1. The van der Waals surface area contributed by atoms with Crippen molar-refractivity contribution in [3.63, 3.8) is 0 Å². The van der Waals surface area contributed by atoms with Gasteiger partial charge in [-0.1, -0.05) is 29.8 Å². The third-order valence-electron chi connectivity index (χ3n) is 1.80. The molecule has 0 aromatic heterocycles. The number of benzene rings is 1. The van der Waals surface area contributed by atoms with Crippen LogP contribution in [0.2, 0.25) is 5.02 Å². The average Bonchev–Trinajstić information content (AvgIpc) is 2.67. The summed E-state index contributed by atoms with van der Waals surface area (Å²) in [5, 5.41) is 9.10. The van der Waals surface area contributed by atoms with Gasteiger partial charge in [-0.3, -0.25) is 0 Å². The maximum Gasteiger partial charge on any atom is 0.269 e. The molecule has 0 spiro atoms. The summed E-state index contributed by atoms with van der Waals surface area (Å²) in [6, 6.07) is 9.04. The Morgan fingerprint density at radius 1 is 1.36 bits per heavy atom. The molecule has 0 N–H and O–H groups in total. The molecule has 1 aromatic rings. The smallest absolute Gasteiger partial charge is 0.269 e. The van der Waals surface area contributed by atoms with Gasteiger partial charge in [0.05, 0.1) is 10.6 Å². The molecule has 0 aliphatic carbocycles. The maximum atomic E-state index is 8.54. The zero-order valence-electron chi connectivity index (χ0n) is 7.11. The topological polar surface area (TPSA) is 42.2 Å². The van der Waals surface area contributed by atoms with Crippen molar-refractivity contribution < 1.29 is 9.47 Å². The molecule has 0 saturated carbocycles. The third kappa shape index (κ3) is 1.52. The number of nitrogens with zero attached hydrogens (tertiary/aromatic N) is 1. The number of ether oxygens (including phenoxy) is 2. The van der Waals surface area contributed by atoms with Crippen LogP contribution in [0.15, 0.2) is 36.3 Å². The number of halogens is 1. The van der Waals surface area contributed by atoms with Crippen LogP contribution in [0.5, 0.6) is 0 Å². The van der Waals surface area contributed by atoms with Crippen LogP contribution < -0.4 is 0 Å². The molecule has 1 aliphatic rings. The van der Waals surface area contributed by atoms with Crippen LogP contribution in [0.1, 0.15) is 11.9 Å². The predicted octanol–water partition coefficient (Wildman–Crippen LogP) is 2.75. The second kappa shape index (κ2) is 3.60. The van der Waals surface area contributed by atoms with Gasteiger partial charge in [-0.2, -0.15) is 5.26 Å². The maximum absolute atomic E-state index is 8.54. The number of hydrogen-bond donors (Lipinski definition) is 0. The van der Waals surface area contributed by atoms with E-state index in [-0.39, 0.29) is 5.76 Å². The molecule has 1 aromatic carbocycles. The molecule has 0 radical (unpaired) electrons. The Kier molecular flexibility index (Phi) is 2.30. The summed E-state index contributed by atoms with van der Waals surface area (Å²) in [5.41, 5.74) is 0.718. The fraction of sp³-hybridized carbons (Fsp3) is 0.100. The lowest BCUT2D eigenvalue weighted by atomic mass is 10.2. The van der Waals surface area contributed by atoms with Crippen molar-refractivity contribution in [1.82, 2.24) is 0 Å². The first kappa shape index (κ1) is 8.92. The summed E-state index contributed by atoms with van der Waals surface area (Å²) in [5.74, 6) is 0.162. The fourth-order valence-electron chi connectivity index (χ4n) is 1.15. The van der Waals surface area contributed by atoms with Gasteiger partial charge in [0.1, 0.15) is 12.3 Å². The van der Waals surface area contributed by atoms with E-state index in [2.05, 4.69) is 0 Å². The van der Waals surface area contributed by atoms with Crippen LogP contribution in [0.4, 0.5) is 0 Å². The van der Waals surface area contributed by atoms with Crippen molar-refractivity contribution in [2.75, 3.05) is 0 Å². The lowest BCUT2D eigenvalue weighted by Crippen LogP contribution is -1.99. The van der Waals surface area contributed by atoms with E-state index in [9.17, 15) is 0 Å². The van der Waals surface area contributed by atoms with E-state index in [4.69, 9.17) is 26.3 Å². The fourth-order valence-corrected chi connectivity index (χ4v) is 1.38. The van der Waals surface area contributed by atoms with E-state index < -0.39 is 6.29 Å². The summed E-state index contributed by atoms with van der Waals surface area (Å²) in [6.45, 7) is 0. The van der Waals surface area contributed by atoms with E-state index in [1.165, 1.54) is 6.26 Å². The van der Waals surface area contributed by atoms with Crippen molar-refractivity contribution in [3.8, 4) is 6.07 Å². The molecule has 0 bridgehead atoms. The van der Waals surface area contributed by atoms with Gasteiger partial charge in [0.25, 0.3) is 6.29 Å². The summed E-state index contributed by atoms with van der Waals surface area (Å²) >= 11 is 5.93. The summed E-state index contributed by atoms with van der Waals surface area (Å²) < 4.78 is 10.3. The third-order valence-corrected chi connectivity index (χ3v) is 2.15. The van der Waals surface area contributed by atoms with Crippen molar-refractivity contribution >= 4 is 11.6 Å². The number of allylic oxidation sites excluding steroid dienone is 1. The minimum Gasteiger partial charge on any atom is -0.454 e. The van der Waals surface area contributed by atoms with Crippen LogP contribution >= 0.6 is 11.6 Å². The van der Waals surface area contributed by atoms with Gasteiger partial charge in [-0.15, -0.1) is 0 Å². The first-order valence-corrected chi connectivity index (χ1v) is 4.36. The van der Waals surface area contributed by atoms with Gasteiger partial charge in [0.15, 0.2) is 0 Å².